The van der Waals surface area contributed by atoms with Gasteiger partial charge >= 0.3 is 0 Å². The Balaban J connectivity index is 2.22. The van der Waals surface area contributed by atoms with Crippen LogP contribution in [-0.2, 0) is 0 Å². The topological polar surface area (TPSA) is 29.1 Å². The molecule has 0 saturated carbocycles. The van der Waals surface area contributed by atoms with Crippen LogP contribution in [0.3, 0.4) is 0 Å². The fourth-order valence-corrected chi connectivity index (χ4v) is 2.83. The number of benzene rings is 2. The number of nitrogens with one attached hydrogen (secondary N) is 1. The molecule has 0 aliphatic carbocycles. The molecule has 4 heteroatoms. The molecule has 110 valence electrons. The molecule has 1 amide bonds. The third-order valence-electron chi connectivity index (χ3n) is 2.92. The summed E-state index contributed by atoms with van der Waals surface area (Å²) in [4.78, 5) is 13.3. The van der Waals surface area contributed by atoms with Gasteiger partial charge in [-0.15, -0.1) is 11.8 Å². The lowest BCUT2D eigenvalue weighted by molar-refractivity contribution is 0.102. The molecule has 0 atom stereocenters. The molecular formula is C17H18FNOS. The third kappa shape index (κ3) is 4.08. The minimum absolute atomic E-state index is 0.220. The van der Waals surface area contributed by atoms with E-state index in [2.05, 4.69) is 19.2 Å². The van der Waals surface area contributed by atoms with Crippen LogP contribution in [0, 0.1) is 12.7 Å². The van der Waals surface area contributed by atoms with Crippen molar-refractivity contribution in [1.29, 1.82) is 0 Å². The molecule has 2 aromatic rings. The zero-order chi connectivity index (χ0) is 15.4. The highest BCUT2D eigenvalue weighted by molar-refractivity contribution is 8.00. The average molecular weight is 303 g/mol. The summed E-state index contributed by atoms with van der Waals surface area (Å²) in [5, 5.41) is 3.13. The van der Waals surface area contributed by atoms with E-state index in [4.69, 9.17) is 0 Å². The van der Waals surface area contributed by atoms with E-state index in [1.54, 1.807) is 36.9 Å². The van der Waals surface area contributed by atoms with Gasteiger partial charge in [0.05, 0.1) is 5.56 Å². The first kappa shape index (κ1) is 15.6. The van der Waals surface area contributed by atoms with Crippen molar-refractivity contribution in [3.8, 4) is 0 Å². The molecule has 0 unspecified atom stereocenters. The summed E-state index contributed by atoms with van der Waals surface area (Å²) < 4.78 is 13.5. The Labute approximate surface area is 128 Å². The van der Waals surface area contributed by atoms with Crippen molar-refractivity contribution in [3.05, 3.63) is 59.4 Å². The molecule has 0 aromatic heterocycles. The van der Waals surface area contributed by atoms with Crippen LogP contribution < -0.4 is 5.32 Å². The van der Waals surface area contributed by atoms with Crippen molar-refractivity contribution in [2.24, 2.45) is 0 Å². The van der Waals surface area contributed by atoms with Crippen LogP contribution >= 0.6 is 11.8 Å². The number of halogens is 1. The first-order valence-electron chi connectivity index (χ1n) is 6.80. The lowest BCUT2D eigenvalue weighted by Crippen LogP contribution is -2.13. The molecule has 2 rings (SSSR count). The number of rotatable bonds is 4. The van der Waals surface area contributed by atoms with Crippen LogP contribution in [0.1, 0.15) is 29.8 Å². The Hall–Kier alpha value is -1.81. The second kappa shape index (κ2) is 6.76. The van der Waals surface area contributed by atoms with Crippen LogP contribution in [0.15, 0.2) is 47.4 Å². The number of thioether (sulfide) groups is 1. The second-order valence-electron chi connectivity index (χ2n) is 5.08. The van der Waals surface area contributed by atoms with Gasteiger partial charge in [-0.05, 0) is 36.8 Å². The summed E-state index contributed by atoms with van der Waals surface area (Å²) in [6.07, 6.45) is 0. The largest absolute Gasteiger partial charge is 0.322 e. The zero-order valence-corrected chi connectivity index (χ0v) is 13.1. The number of hydrogen-bond acceptors (Lipinski definition) is 2. The van der Waals surface area contributed by atoms with E-state index >= 15 is 0 Å². The van der Waals surface area contributed by atoms with E-state index in [1.165, 1.54) is 6.07 Å². The third-order valence-corrected chi connectivity index (χ3v) is 4.01. The Morgan fingerprint density at radius 2 is 1.90 bits per heavy atom. The Kier molecular flexibility index (Phi) is 5.02. The van der Waals surface area contributed by atoms with E-state index < -0.39 is 0 Å². The summed E-state index contributed by atoms with van der Waals surface area (Å²) in [6, 6.07) is 12.1. The van der Waals surface area contributed by atoms with Crippen molar-refractivity contribution >= 4 is 23.4 Å². The summed E-state index contributed by atoms with van der Waals surface area (Å²) in [7, 11) is 0. The van der Waals surface area contributed by atoms with Gasteiger partial charge in [-0.1, -0.05) is 32.0 Å². The fraction of sp³-hybridized carbons (Fsp3) is 0.235. The van der Waals surface area contributed by atoms with Gasteiger partial charge in [0.15, 0.2) is 0 Å². The van der Waals surface area contributed by atoms with Gasteiger partial charge in [-0.25, -0.2) is 4.39 Å². The lowest BCUT2D eigenvalue weighted by Gasteiger charge is -2.11. The lowest BCUT2D eigenvalue weighted by atomic mass is 10.2. The second-order valence-corrected chi connectivity index (χ2v) is 6.70. The van der Waals surface area contributed by atoms with Gasteiger partial charge in [-0.3, -0.25) is 4.79 Å². The van der Waals surface area contributed by atoms with E-state index in [0.717, 1.165) is 4.90 Å². The van der Waals surface area contributed by atoms with Crippen LogP contribution in [0.4, 0.5) is 10.1 Å². The molecule has 2 nitrogen and oxygen atoms in total. The van der Waals surface area contributed by atoms with Gasteiger partial charge in [0.25, 0.3) is 5.91 Å². The maximum atomic E-state index is 13.5. The van der Waals surface area contributed by atoms with Crippen molar-refractivity contribution < 1.29 is 9.18 Å². The van der Waals surface area contributed by atoms with Gasteiger partial charge in [-0.2, -0.15) is 0 Å². The van der Waals surface area contributed by atoms with Crippen LogP contribution in [0.5, 0.6) is 0 Å². The van der Waals surface area contributed by atoms with Gasteiger partial charge in [0.2, 0.25) is 0 Å². The van der Waals surface area contributed by atoms with Gasteiger partial charge in [0.1, 0.15) is 5.82 Å². The van der Waals surface area contributed by atoms with Crippen LogP contribution in [0.25, 0.3) is 0 Å². The number of aryl methyl sites for hydroxylation is 1. The average Bonchev–Trinajstić information content (AvgIpc) is 2.43. The van der Waals surface area contributed by atoms with E-state index in [0.29, 0.717) is 22.1 Å². The number of carbonyl (C=O) groups excluding carboxylic acids is 1. The molecule has 0 saturated heterocycles. The highest BCUT2D eigenvalue weighted by Crippen LogP contribution is 2.27. The zero-order valence-electron chi connectivity index (χ0n) is 12.3. The Morgan fingerprint density at radius 1 is 1.19 bits per heavy atom. The van der Waals surface area contributed by atoms with Crippen LogP contribution in [0.2, 0.25) is 0 Å². The molecular weight excluding hydrogens is 285 g/mol. The maximum absolute atomic E-state index is 13.5. The highest BCUT2D eigenvalue weighted by atomic mass is 32.2. The molecule has 0 aliphatic rings. The van der Waals surface area contributed by atoms with Gasteiger partial charge in [0, 0.05) is 15.8 Å². The van der Waals surface area contributed by atoms with Crippen molar-refractivity contribution in [1.82, 2.24) is 0 Å². The molecule has 21 heavy (non-hydrogen) atoms. The number of amides is 1. The van der Waals surface area contributed by atoms with E-state index in [-0.39, 0.29) is 11.7 Å². The molecule has 0 bridgehead atoms. The summed E-state index contributed by atoms with van der Waals surface area (Å²) in [5.74, 6) is -0.542. The fourth-order valence-electron chi connectivity index (χ4n) is 1.88. The number of hydrogen-bond donors (Lipinski definition) is 1. The monoisotopic (exact) mass is 303 g/mol. The molecule has 0 aliphatic heterocycles. The van der Waals surface area contributed by atoms with Crippen molar-refractivity contribution in [3.63, 3.8) is 0 Å². The molecule has 0 spiro atoms. The minimum Gasteiger partial charge on any atom is -0.322 e. The predicted octanol–water partition coefficient (Wildman–Crippen LogP) is 4.89. The van der Waals surface area contributed by atoms with Crippen molar-refractivity contribution in [2.75, 3.05) is 5.32 Å². The SMILES string of the molecule is Cc1ccc(NC(=O)c2ccccc2SC(C)C)cc1F. The van der Waals surface area contributed by atoms with Crippen molar-refractivity contribution in [2.45, 2.75) is 30.9 Å². The summed E-state index contributed by atoms with van der Waals surface area (Å²) >= 11 is 1.63. The minimum atomic E-state index is -0.322. The first-order valence-corrected chi connectivity index (χ1v) is 7.68. The normalized spacial score (nSPS) is 10.7. The Bertz CT molecular complexity index is 655. The van der Waals surface area contributed by atoms with E-state index in [1.807, 2.05) is 18.2 Å². The van der Waals surface area contributed by atoms with E-state index in [9.17, 15) is 9.18 Å². The van der Waals surface area contributed by atoms with Crippen LogP contribution in [-0.4, -0.2) is 11.2 Å². The smallest absolute Gasteiger partial charge is 0.256 e. The quantitative estimate of drug-likeness (QED) is 0.815. The number of carbonyl (C=O) groups is 1. The standard InChI is InChI=1S/C17H18FNOS/c1-11(2)21-16-7-5-4-6-14(16)17(20)19-13-9-8-12(3)15(18)10-13/h4-11H,1-3H3,(H,19,20). The summed E-state index contributed by atoms with van der Waals surface area (Å²) in [6.45, 7) is 5.85. The number of anilines is 1. The summed E-state index contributed by atoms with van der Waals surface area (Å²) in [5.41, 5.74) is 1.63. The molecule has 0 heterocycles. The maximum Gasteiger partial charge on any atom is 0.256 e. The molecule has 1 N–H and O–H groups in total. The first-order chi connectivity index (χ1) is 9.97. The predicted molar refractivity (Wildman–Crippen MR) is 86.5 cm³/mol. The highest BCUT2D eigenvalue weighted by Gasteiger charge is 2.13. The molecule has 0 fully saturated rings. The molecule has 2 aromatic carbocycles. The molecule has 0 radical (unpaired) electrons. The Morgan fingerprint density at radius 3 is 2.57 bits per heavy atom. The van der Waals surface area contributed by atoms with Gasteiger partial charge < -0.3 is 5.32 Å².